The van der Waals surface area contributed by atoms with Gasteiger partial charge in [0.15, 0.2) is 0 Å². The summed E-state index contributed by atoms with van der Waals surface area (Å²) in [5, 5.41) is 8.71. The normalized spacial score (nSPS) is 14.5. The largest absolute Gasteiger partial charge is 1.00 e. The predicted molar refractivity (Wildman–Crippen MR) is 81.6 cm³/mol. The molecule has 0 rings (SSSR count). The van der Waals surface area contributed by atoms with Crippen LogP contribution >= 0.6 is 0 Å². The quantitative estimate of drug-likeness (QED) is 0.305. The topological polar surface area (TPSA) is 77.4 Å². The zero-order valence-corrected chi connectivity index (χ0v) is 16.8. The number of hydrogen-bond acceptors (Lipinski definition) is 4. The van der Waals surface area contributed by atoms with E-state index in [0.717, 1.165) is 57.8 Å². The van der Waals surface area contributed by atoms with Gasteiger partial charge in [-0.25, -0.2) is 8.42 Å². The van der Waals surface area contributed by atoms with Gasteiger partial charge in [-0.05, 0) is 25.7 Å². The van der Waals surface area contributed by atoms with Crippen molar-refractivity contribution in [2.45, 2.75) is 95.8 Å². The van der Waals surface area contributed by atoms with Gasteiger partial charge in [-0.3, -0.25) is 0 Å². The number of aliphatic hydroxyl groups is 1. The van der Waals surface area contributed by atoms with E-state index in [1.54, 1.807) is 0 Å². The molecule has 4 nitrogen and oxygen atoms in total. The van der Waals surface area contributed by atoms with E-state index in [2.05, 4.69) is 0 Å². The molecule has 2 atom stereocenters. The Labute approximate surface area is 153 Å². The third-order valence-corrected chi connectivity index (χ3v) is 5.09. The smallest absolute Gasteiger partial charge is 0.748 e. The Morgan fingerprint density at radius 1 is 0.905 bits per heavy atom. The number of hydrogen-bond donors (Lipinski definition) is 1. The Kier molecular flexibility index (Phi) is 16.6. The van der Waals surface area contributed by atoms with Crippen LogP contribution in [0.4, 0.5) is 0 Å². The standard InChI is InChI=1S/C15H32O4S.Na/c1-3-11-15(20(17,18)19)13-10-8-6-5-7-9-12-14(16)4-2;/h14-16H,3-13H2,1-2H3,(H,17,18,19);/q;+1/p-1. The van der Waals surface area contributed by atoms with Crippen molar-refractivity contribution in [2.75, 3.05) is 0 Å². The summed E-state index contributed by atoms with van der Waals surface area (Å²) in [5.74, 6) is 0. The average molecular weight is 330 g/mol. The minimum Gasteiger partial charge on any atom is -0.748 e. The molecule has 0 aromatic carbocycles. The maximum absolute atomic E-state index is 11.0. The molecule has 0 amide bonds. The summed E-state index contributed by atoms with van der Waals surface area (Å²) >= 11 is 0. The molecule has 0 aromatic rings. The third-order valence-electron chi connectivity index (χ3n) is 3.80. The van der Waals surface area contributed by atoms with E-state index in [4.69, 9.17) is 0 Å². The molecule has 21 heavy (non-hydrogen) atoms. The molecule has 0 aliphatic heterocycles. The van der Waals surface area contributed by atoms with Gasteiger partial charge >= 0.3 is 29.6 Å². The molecule has 6 heteroatoms. The first-order valence-corrected chi connectivity index (χ1v) is 9.51. The van der Waals surface area contributed by atoms with Gasteiger partial charge in [0.2, 0.25) is 0 Å². The Balaban J connectivity index is 0. The molecule has 1 N–H and O–H groups in total. The fraction of sp³-hybridized carbons (Fsp3) is 1.00. The van der Waals surface area contributed by atoms with E-state index in [-0.39, 0.29) is 35.7 Å². The first kappa shape index (κ1) is 24.1. The van der Waals surface area contributed by atoms with Gasteiger partial charge in [-0.1, -0.05) is 58.8 Å². The molecule has 0 saturated heterocycles. The molecule has 0 bridgehead atoms. The van der Waals surface area contributed by atoms with Crippen molar-refractivity contribution in [1.82, 2.24) is 0 Å². The molecule has 2 unspecified atom stereocenters. The number of aliphatic hydroxyl groups excluding tert-OH is 1. The van der Waals surface area contributed by atoms with Gasteiger partial charge in [-0.15, -0.1) is 0 Å². The summed E-state index contributed by atoms with van der Waals surface area (Å²) in [5.41, 5.74) is 0. The van der Waals surface area contributed by atoms with Crippen LogP contribution in [0.15, 0.2) is 0 Å². The molecule has 0 spiro atoms. The van der Waals surface area contributed by atoms with E-state index < -0.39 is 15.4 Å². The molecule has 0 heterocycles. The molecule has 0 fully saturated rings. The molecule has 0 aromatic heterocycles. The average Bonchev–Trinajstić information content (AvgIpc) is 2.38. The maximum atomic E-state index is 11.0. The van der Waals surface area contributed by atoms with Gasteiger partial charge < -0.3 is 9.66 Å². The first-order chi connectivity index (χ1) is 9.41. The van der Waals surface area contributed by atoms with Crippen LogP contribution < -0.4 is 29.6 Å². The van der Waals surface area contributed by atoms with E-state index in [1.165, 1.54) is 0 Å². The fourth-order valence-corrected chi connectivity index (χ4v) is 3.40. The first-order valence-electron chi connectivity index (χ1n) is 8.04. The SMILES string of the molecule is CCCC(CCCCCCCCC(O)CC)S(=O)(=O)[O-].[Na+]. The Hall–Kier alpha value is 0.870. The summed E-state index contributed by atoms with van der Waals surface area (Å²) in [7, 11) is -4.12. The fourth-order valence-electron chi connectivity index (χ4n) is 2.42. The summed E-state index contributed by atoms with van der Waals surface area (Å²) in [6.07, 6.45) is 9.48. The molecule has 0 saturated carbocycles. The Bertz CT molecular complexity index is 320. The molecule has 0 radical (unpaired) electrons. The second kappa shape index (κ2) is 14.5. The minimum absolute atomic E-state index is 0. The second-order valence-electron chi connectivity index (χ2n) is 5.66. The van der Waals surface area contributed by atoms with E-state index in [9.17, 15) is 18.1 Å². The predicted octanol–water partition coefficient (Wildman–Crippen LogP) is 0.596. The summed E-state index contributed by atoms with van der Waals surface area (Å²) in [6.45, 7) is 3.89. The molecule has 0 aliphatic rings. The zero-order valence-electron chi connectivity index (χ0n) is 14.0. The van der Waals surface area contributed by atoms with Gasteiger partial charge in [0.25, 0.3) is 0 Å². The molecule has 122 valence electrons. The Morgan fingerprint density at radius 3 is 1.81 bits per heavy atom. The van der Waals surface area contributed by atoms with E-state index in [1.807, 2.05) is 13.8 Å². The van der Waals surface area contributed by atoms with Crippen LogP contribution in [0.5, 0.6) is 0 Å². The van der Waals surface area contributed by atoms with Crippen molar-refractivity contribution in [3.8, 4) is 0 Å². The van der Waals surface area contributed by atoms with Crippen molar-refractivity contribution in [2.24, 2.45) is 0 Å². The van der Waals surface area contributed by atoms with Crippen LogP contribution in [0.25, 0.3) is 0 Å². The molecule has 0 aliphatic carbocycles. The van der Waals surface area contributed by atoms with Crippen LogP contribution in [-0.2, 0) is 10.1 Å². The zero-order chi connectivity index (χ0) is 15.4. The van der Waals surface area contributed by atoms with Crippen molar-refractivity contribution in [1.29, 1.82) is 0 Å². The maximum Gasteiger partial charge on any atom is 1.00 e. The summed E-state index contributed by atoms with van der Waals surface area (Å²) in [6, 6.07) is 0. The third kappa shape index (κ3) is 14.2. The van der Waals surface area contributed by atoms with Crippen molar-refractivity contribution in [3.63, 3.8) is 0 Å². The van der Waals surface area contributed by atoms with Gasteiger partial charge in [-0.2, -0.15) is 0 Å². The van der Waals surface area contributed by atoms with Crippen LogP contribution in [0.3, 0.4) is 0 Å². The Morgan fingerprint density at radius 2 is 1.38 bits per heavy atom. The van der Waals surface area contributed by atoms with Crippen molar-refractivity contribution in [3.05, 3.63) is 0 Å². The van der Waals surface area contributed by atoms with Crippen molar-refractivity contribution >= 4 is 10.1 Å². The summed E-state index contributed by atoms with van der Waals surface area (Å²) in [4.78, 5) is 0. The van der Waals surface area contributed by atoms with Crippen LogP contribution in [0, 0.1) is 0 Å². The monoisotopic (exact) mass is 330 g/mol. The molecular formula is C15H31NaO4S. The van der Waals surface area contributed by atoms with E-state index in [0.29, 0.717) is 12.8 Å². The number of unbranched alkanes of at least 4 members (excludes halogenated alkanes) is 5. The van der Waals surface area contributed by atoms with Gasteiger partial charge in [0.1, 0.15) is 0 Å². The number of rotatable bonds is 13. The van der Waals surface area contributed by atoms with Crippen LogP contribution in [0.2, 0.25) is 0 Å². The van der Waals surface area contributed by atoms with Crippen molar-refractivity contribution < 1.29 is 47.6 Å². The van der Waals surface area contributed by atoms with E-state index >= 15 is 0 Å². The van der Waals surface area contributed by atoms with Crippen LogP contribution in [-0.4, -0.2) is 29.4 Å². The van der Waals surface area contributed by atoms with Crippen LogP contribution in [0.1, 0.15) is 84.5 Å². The molecular weight excluding hydrogens is 299 g/mol. The van der Waals surface area contributed by atoms with Gasteiger partial charge in [0.05, 0.1) is 16.2 Å². The minimum atomic E-state index is -4.12. The summed E-state index contributed by atoms with van der Waals surface area (Å²) < 4.78 is 33.1. The second-order valence-corrected chi connectivity index (χ2v) is 7.32. The van der Waals surface area contributed by atoms with Gasteiger partial charge in [0, 0.05) is 5.25 Å².